The van der Waals surface area contributed by atoms with Crippen LogP contribution in [0.3, 0.4) is 0 Å². The lowest BCUT2D eigenvalue weighted by Gasteiger charge is -2.38. The van der Waals surface area contributed by atoms with Gasteiger partial charge in [0.15, 0.2) is 0 Å². The van der Waals surface area contributed by atoms with Gasteiger partial charge in [-0.05, 0) is 36.9 Å². The first-order valence-electron chi connectivity index (χ1n) is 8.53. The number of nitrogens with zero attached hydrogens (tertiary/aromatic N) is 2. The number of carbonyl (C=O) groups excluding carboxylic acids is 1. The van der Waals surface area contributed by atoms with Gasteiger partial charge in [0, 0.05) is 26.1 Å². The van der Waals surface area contributed by atoms with E-state index >= 15 is 0 Å². The zero-order valence-electron chi connectivity index (χ0n) is 13.7. The number of aliphatic hydroxyl groups is 1. The summed E-state index contributed by atoms with van der Waals surface area (Å²) in [7, 11) is 0. The Morgan fingerprint density at radius 2 is 1.91 bits per heavy atom. The first kappa shape index (κ1) is 16.2. The van der Waals surface area contributed by atoms with Crippen LogP contribution >= 0.6 is 0 Å². The van der Waals surface area contributed by atoms with Gasteiger partial charge in [-0.1, -0.05) is 42.5 Å². The summed E-state index contributed by atoms with van der Waals surface area (Å²) in [6.45, 7) is 4.58. The molecule has 2 saturated heterocycles. The molecule has 4 heteroatoms. The number of hydrogen-bond donors (Lipinski definition) is 1. The highest BCUT2D eigenvalue weighted by Gasteiger charge is 2.44. The Bertz CT molecular complexity index is 548. The summed E-state index contributed by atoms with van der Waals surface area (Å²) < 4.78 is 0. The molecular weight excluding hydrogens is 288 g/mol. The van der Waals surface area contributed by atoms with Gasteiger partial charge in [0.05, 0.1) is 6.61 Å². The van der Waals surface area contributed by atoms with Crippen molar-refractivity contribution >= 4 is 12.0 Å². The van der Waals surface area contributed by atoms with Gasteiger partial charge >= 0.3 is 0 Å². The van der Waals surface area contributed by atoms with Crippen molar-refractivity contribution in [3.63, 3.8) is 0 Å². The molecule has 0 radical (unpaired) electrons. The summed E-state index contributed by atoms with van der Waals surface area (Å²) in [6.07, 6.45) is 7.00. The largest absolute Gasteiger partial charge is 0.395 e. The monoisotopic (exact) mass is 314 g/mol. The number of rotatable bonds is 5. The third-order valence-electron chi connectivity index (χ3n) is 5.17. The fraction of sp³-hybridized carbons (Fsp3) is 0.526. The van der Waals surface area contributed by atoms with Crippen LogP contribution in [0.1, 0.15) is 24.8 Å². The molecule has 0 atom stereocenters. The van der Waals surface area contributed by atoms with Crippen molar-refractivity contribution in [2.75, 3.05) is 39.3 Å². The number of likely N-dealkylation sites (tertiary alicyclic amines) is 2. The van der Waals surface area contributed by atoms with Crippen LogP contribution < -0.4 is 0 Å². The summed E-state index contributed by atoms with van der Waals surface area (Å²) in [4.78, 5) is 16.6. The van der Waals surface area contributed by atoms with Gasteiger partial charge in [0.1, 0.15) is 0 Å². The lowest BCUT2D eigenvalue weighted by molar-refractivity contribution is -0.127. The quantitative estimate of drug-likeness (QED) is 0.904. The summed E-state index contributed by atoms with van der Waals surface area (Å²) in [5, 5.41) is 9.04. The van der Waals surface area contributed by atoms with E-state index in [4.69, 9.17) is 5.11 Å². The topological polar surface area (TPSA) is 43.8 Å². The highest BCUT2D eigenvalue weighted by atomic mass is 16.3. The fourth-order valence-corrected chi connectivity index (χ4v) is 3.76. The molecule has 0 saturated carbocycles. The molecule has 2 heterocycles. The Labute approximate surface area is 138 Å². The second-order valence-corrected chi connectivity index (χ2v) is 6.83. The molecule has 3 rings (SSSR count). The number of piperidine rings is 1. The van der Waals surface area contributed by atoms with Crippen molar-refractivity contribution < 1.29 is 9.90 Å². The average molecular weight is 314 g/mol. The highest BCUT2D eigenvalue weighted by Crippen LogP contribution is 2.40. The molecular formula is C19H26N2O2. The van der Waals surface area contributed by atoms with Crippen molar-refractivity contribution in [2.24, 2.45) is 5.41 Å². The van der Waals surface area contributed by atoms with Gasteiger partial charge in [-0.3, -0.25) is 4.79 Å². The molecule has 1 aromatic rings. The number of β-amino-alcohol motifs (C(OH)–C–C–N with tert-alkyl or cyclic N) is 1. The summed E-state index contributed by atoms with van der Waals surface area (Å²) >= 11 is 0. The molecule has 1 amide bonds. The second-order valence-electron chi connectivity index (χ2n) is 6.83. The number of benzene rings is 1. The van der Waals surface area contributed by atoms with Crippen LogP contribution in [0.5, 0.6) is 0 Å². The lowest BCUT2D eigenvalue weighted by Crippen LogP contribution is -2.42. The van der Waals surface area contributed by atoms with Gasteiger partial charge in [-0.25, -0.2) is 0 Å². The van der Waals surface area contributed by atoms with Crippen molar-refractivity contribution in [1.29, 1.82) is 0 Å². The molecule has 2 aliphatic rings. The van der Waals surface area contributed by atoms with Crippen molar-refractivity contribution in [3.8, 4) is 0 Å². The molecule has 0 unspecified atom stereocenters. The third kappa shape index (κ3) is 4.01. The summed E-state index contributed by atoms with van der Waals surface area (Å²) in [5.41, 5.74) is 1.34. The van der Waals surface area contributed by atoms with Crippen molar-refractivity contribution in [2.45, 2.75) is 19.3 Å². The van der Waals surface area contributed by atoms with Crippen LogP contribution in [0.4, 0.5) is 0 Å². The number of carbonyl (C=O) groups is 1. The molecule has 1 aromatic carbocycles. The molecule has 23 heavy (non-hydrogen) atoms. The van der Waals surface area contributed by atoms with E-state index in [1.165, 1.54) is 5.56 Å². The molecule has 1 spiro atoms. The number of amides is 1. The molecule has 0 bridgehead atoms. The highest BCUT2D eigenvalue weighted by molar-refractivity contribution is 5.79. The maximum Gasteiger partial charge on any atom is 0.223 e. The minimum atomic E-state index is 0.170. The van der Waals surface area contributed by atoms with Gasteiger partial charge in [0.2, 0.25) is 5.91 Å². The van der Waals surface area contributed by atoms with E-state index < -0.39 is 0 Å². The SMILES string of the molecule is O=C1CC2(CCN(CCO)CC2)CN1C/C=C/c1ccccc1. The minimum absolute atomic E-state index is 0.170. The number of hydrogen-bond acceptors (Lipinski definition) is 3. The van der Waals surface area contributed by atoms with Gasteiger partial charge in [-0.15, -0.1) is 0 Å². The van der Waals surface area contributed by atoms with Gasteiger partial charge in [-0.2, -0.15) is 0 Å². The van der Waals surface area contributed by atoms with Crippen LogP contribution in [0, 0.1) is 5.41 Å². The Morgan fingerprint density at radius 1 is 1.17 bits per heavy atom. The predicted molar refractivity (Wildman–Crippen MR) is 91.9 cm³/mol. The fourth-order valence-electron chi connectivity index (χ4n) is 3.76. The van der Waals surface area contributed by atoms with Crippen LogP contribution in [0.2, 0.25) is 0 Å². The first-order valence-corrected chi connectivity index (χ1v) is 8.53. The van der Waals surface area contributed by atoms with Crippen LogP contribution in [-0.4, -0.2) is 60.1 Å². The van der Waals surface area contributed by atoms with Crippen LogP contribution in [-0.2, 0) is 4.79 Å². The van der Waals surface area contributed by atoms with Crippen molar-refractivity contribution in [1.82, 2.24) is 9.80 Å². The zero-order valence-corrected chi connectivity index (χ0v) is 13.7. The van der Waals surface area contributed by atoms with E-state index in [-0.39, 0.29) is 12.0 Å². The van der Waals surface area contributed by atoms with E-state index in [1.807, 2.05) is 23.1 Å². The third-order valence-corrected chi connectivity index (χ3v) is 5.17. The molecule has 0 aliphatic carbocycles. The van der Waals surface area contributed by atoms with E-state index in [0.717, 1.165) is 39.0 Å². The maximum atomic E-state index is 12.3. The smallest absolute Gasteiger partial charge is 0.223 e. The van der Waals surface area contributed by atoms with E-state index in [0.29, 0.717) is 18.9 Å². The Morgan fingerprint density at radius 3 is 2.61 bits per heavy atom. The average Bonchev–Trinajstić information content (AvgIpc) is 2.87. The van der Waals surface area contributed by atoms with Crippen LogP contribution in [0.15, 0.2) is 36.4 Å². The van der Waals surface area contributed by atoms with E-state index in [2.05, 4.69) is 29.2 Å². The maximum absolute atomic E-state index is 12.3. The molecule has 2 aliphatic heterocycles. The summed E-state index contributed by atoms with van der Waals surface area (Å²) in [6, 6.07) is 10.2. The Balaban J connectivity index is 1.53. The van der Waals surface area contributed by atoms with E-state index in [1.54, 1.807) is 0 Å². The van der Waals surface area contributed by atoms with Gasteiger partial charge in [0.25, 0.3) is 0 Å². The van der Waals surface area contributed by atoms with Crippen molar-refractivity contribution in [3.05, 3.63) is 42.0 Å². The second kappa shape index (κ2) is 7.28. The molecule has 124 valence electrons. The normalized spacial score (nSPS) is 21.6. The molecule has 0 aromatic heterocycles. The van der Waals surface area contributed by atoms with Crippen LogP contribution in [0.25, 0.3) is 6.08 Å². The zero-order chi connectivity index (χ0) is 16.1. The minimum Gasteiger partial charge on any atom is -0.395 e. The summed E-state index contributed by atoms with van der Waals surface area (Å²) in [5.74, 6) is 0.290. The Kier molecular flexibility index (Phi) is 5.13. The lowest BCUT2D eigenvalue weighted by atomic mass is 9.77. The van der Waals surface area contributed by atoms with E-state index in [9.17, 15) is 4.79 Å². The number of aliphatic hydroxyl groups excluding tert-OH is 1. The molecule has 1 N–H and O–H groups in total. The predicted octanol–water partition coefficient (Wildman–Crippen LogP) is 2.01. The molecule has 4 nitrogen and oxygen atoms in total. The Hall–Kier alpha value is -1.65. The molecule has 2 fully saturated rings. The van der Waals surface area contributed by atoms with Gasteiger partial charge < -0.3 is 14.9 Å². The standard InChI is InChI=1S/C19H26N2O2/c22-14-13-20-11-8-19(9-12-20)15-18(23)21(16-19)10-4-7-17-5-2-1-3-6-17/h1-7,22H,8-16H2/b7-4+. The first-order chi connectivity index (χ1) is 11.2.